The number of carbonyl (C=O) groups excluding carboxylic acids is 2. The second kappa shape index (κ2) is 13.4. The molecule has 1 aromatic heterocycles. The van der Waals surface area contributed by atoms with E-state index in [1.54, 1.807) is 7.11 Å². The molecule has 216 valence electrons. The third kappa shape index (κ3) is 6.58. The Morgan fingerprint density at radius 3 is 2.29 bits per heavy atom. The first-order chi connectivity index (χ1) is 20.4. The van der Waals surface area contributed by atoms with Crippen molar-refractivity contribution in [3.63, 3.8) is 0 Å². The summed E-state index contributed by atoms with van der Waals surface area (Å²) in [5.74, 6) is 0.343. The molecule has 0 radical (unpaired) electrons. The maximum Gasteiger partial charge on any atom is 0.238 e. The summed E-state index contributed by atoms with van der Waals surface area (Å²) in [6.45, 7) is 1.15. The summed E-state index contributed by atoms with van der Waals surface area (Å²) in [6.07, 6.45) is 1.41. The summed E-state index contributed by atoms with van der Waals surface area (Å²) in [4.78, 5) is 27.8. The van der Waals surface area contributed by atoms with E-state index in [-0.39, 0.29) is 24.4 Å². The van der Waals surface area contributed by atoms with Crippen molar-refractivity contribution < 1.29 is 14.3 Å². The molecule has 0 unspecified atom stereocenters. The number of rotatable bonds is 10. The van der Waals surface area contributed by atoms with E-state index in [2.05, 4.69) is 16.0 Å². The Balaban J connectivity index is 1.39. The van der Waals surface area contributed by atoms with Crippen LogP contribution in [-0.2, 0) is 16.1 Å². The summed E-state index contributed by atoms with van der Waals surface area (Å²) in [5.41, 5.74) is 11.7. The molecular formula is C32H31Cl2N5O3. The van der Waals surface area contributed by atoms with Crippen LogP contribution in [0.3, 0.4) is 0 Å². The Morgan fingerprint density at radius 2 is 1.64 bits per heavy atom. The van der Waals surface area contributed by atoms with E-state index >= 15 is 0 Å². The van der Waals surface area contributed by atoms with Crippen molar-refractivity contribution in [1.29, 1.82) is 0 Å². The number of hydrogen-bond acceptors (Lipinski definition) is 6. The van der Waals surface area contributed by atoms with Gasteiger partial charge in [-0.3, -0.25) is 9.59 Å². The lowest BCUT2D eigenvalue weighted by molar-refractivity contribution is -0.119. The molecule has 5 rings (SSSR count). The zero-order valence-corrected chi connectivity index (χ0v) is 24.6. The number of nitrogens with two attached hydrogens (primary N) is 1. The minimum Gasteiger partial charge on any atom is -0.481 e. The van der Waals surface area contributed by atoms with Crippen LogP contribution in [0, 0.1) is 0 Å². The van der Waals surface area contributed by atoms with Gasteiger partial charge in [-0.15, -0.1) is 0 Å². The molecule has 0 spiro atoms. The molecule has 4 aromatic rings. The first-order valence-corrected chi connectivity index (χ1v) is 14.4. The largest absolute Gasteiger partial charge is 0.481 e. The molecular weight excluding hydrogens is 573 g/mol. The Kier molecular flexibility index (Phi) is 9.39. The van der Waals surface area contributed by atoms with Gasteiger partial charge in [0.05, 0.1) is 29.4 Å². The van der Waals surface area contributed by atoms with Gasteiger partial charge in [0.1, 0.15) is 0 Å². The van der Waals surface area contributed by atoms with Crippen molar-refractivity contribution in [2.45, 2.75) is 25.4 Å². The lowest BCUT2D eigenvalue weighted by Gasteiger charge is -2.16. The Morgan fingerprint density at radius 1 is 0.976 bits per heavy atom. The van der Waals surface area contributed by atoms with E-state index in [9.17, 15) is 9.59 Å². The molecule has 0 aliphatic carbocycles. The Labute approximate surface area is 254 Å². The number of nitrogens with one attached hydrogen (secondary N) is 3. The van der Waals surface area contributed by atoms with Crippen molar-refractivity contribution in [2.24, 2.45) is 5.73 Å². The van der Waals surface area contributed by atoms with Crippen LogP contribution in [0.15, 0.2) is 72.8 Å². The third-order valence-electron chi connectivity index (χ3n) is 7.15. The smallest absolute Gasteiger partial charge is 0.238 e. The van der Waals surface area contributed by atoms with Crippen LogP contribution < -0.4 is 26.4 Å². The van der Waals surface area contributed by atoms with Gasteiger partial charge >= 0.3 is 0 Å². The third-order valence-corrected chi connectivity index (χ3v) is 7.97. The quantitative estimate of drug-likeness (QED) is 0.186. The van der Waals surface area contributed by atoms with Crippen LogP contribution >= 0.6 is 23.2 Å². The van der Waals surface area contributed by atoms with Crippen LogP contribution in [0.5, 0.6) is 5.88 Å². The van der Waals surface area contributed by atoms with Gasteiger partial charge in [0.25, 0.3) is 0 Å². The molecule has 8 nitrogen and oxygen atoms in total. The lowest BCUT2D eigenvalue weighted by Crippen LogP contribution is -2.35. The Hall–Kier alpha value is -3.95. The molecule has 5 N–H and O–H groups in total. The van der Waals surface area contributed by atoms with Crippen LogP contribution in [0.2, 0.25) is 10.0 Å². The number of halogens is 2. The fourth-order valence-electron chi connectivity index (χ4n) is 4.99. The molecule has 42 heavy (non-hydrogen) atoms. The van der Waals surface area contributed by atoms with Gasteiger partial charge in [0, 0.05) is 59.1 Å². The van der Waals surface area contributed by atoms with Crippen molar-refractivity contribution in [3.8, 4) is 39.4 Å². The van der Waals surface area contributed by atoms with Crippen LogP contribution in [0.25, 0.3) is 33.5 Å². The molecule has 1 atom stereocenters. The van der Waals surface area contributed by atoms with E-state index in [4.69, 9.17) is 38.7 Å². The second-order valence-corrected chi connectivity index (χ2v) is 10.7. The molecule has 10 heteroatoms. The standard InChI is InChI=1S/C32H31Cl2N5O3/c1-42-32-20(17-36-18-22-13-15-28(40)38-22)10-14-27(39-32)26-7-3-6-25(31(26)34)24-5-2-4-23(30(24)33)19-8-11-21(12-9-19)37-29(41)16-35/h2-12,14,22,36H,13,15-18,35H2,1H3,(H,37,41)(H,38,40)/t22-/m0/s1. The Bertz CT molecular complexity index is 1610. The molecule has 3 aromatic carbocycles. The highest BCUT2D eigenvalue weighted by Gasteiger charge is 2.21. The lowest BCUT2D eigenvalue weighted by atomic mass is 9.96. The first kappa shape index (κ1) is 29.5. The molecule has 1 aliphatic rings. The van der Waals surface area contributed by atoms with E-state index < -0.39 is 0 Å². The average molecular weight is 605 g/mol. The maximum atomic E-state index is 11.6. The van der Waals surface area contributed by atoms with E-state index in [1.807, 2.05) is 72.8 Å². The predicted octanol–water partition coefficient (Wildman–Crippen LogP) is 5.66. The number of carbonyl (C=O) groups is 2. The SMILES string of the molecule is COc1nc(-c2cccc(-c3cccc(-c4ccc(NC(=O)CN)cc4)c3Cl)c2Cl)ccc1CNC[C@@H]1CCC(=O)N1. The van der Waals surface area contributed by atoms with Crippen LogP contribution in [0.1, 0.15) is 18.4 Å². The molecule has 0 saturated carbocycles. The number of hydrogen-bond donors (Lipinski definition) is 4. The first-order valence-electron chi connectivity index (χ1n) is 13.6. The maximum absolute atomic E-state index is 11.6. The van der Waals surface area contributed by atoms with Gasteiger partial charge in [-0.2, -0.15) is 0 Å². The van der Waals surface area contributed by atoms with Gasteiger partial charge in [-0.1, -0.05) is 77.8 Å². The number of methoxy groups -OCH3 is 1. The van der Waals surface area contributed by atoms with E-state index in [0.29, 0.717) is 46.8 Å². The fraction of sp³-hybridized carbons (Fsp3) is 0.219. The normalized spacial score (nSPS) is 14.5. The highest BCUT2D eigenvalue weighted by molar-refractivity contribution is 6.39. The van der Waals surface area contributed by atoms with Crippen molar-refractivity contribution in [2.75, 3.05) is 25.5 Å². The summed E-state index contributed by atoms with van der Waals surface area (Å²) in [7, 11) is 1.59. The van der Waals surface area contributed by atoms with E-state index in [1.165, 1.54) is 0 Å². The molecule has 0 bridgehead atoms. The summed E-state index contributed by atoms with van der Waals surface area (Å²) in [6, 6.07) is 23.0. The van der Waals surface area contributed by atoms with Gasteiger partial charge in [0.15, 0.2) is 0 Å². The molecule has 2 amide bonds. The topological polar surface area (TPSA) is 118 Å². The van der Waals surface area contributed by atoms with E-state index in [0.717, 1.165) is 39.8 Å². The van der Waals surface area contributed by atoms with Crippen molar-refractivity contribution >= 4 is 40.7 Å². The highest BCUT2D eigenvalue weighted by Crippen LogP contribution is 2.42. The zero-order valence-electron chi connectivity index (χ0n) is 23.0. The van der Waals surface area contributed by atoms with Gasteiger partial charge in [-0.05, 0) is 30.2 Å². The number of aromatic nitrogens is 1. The number of pyridine rings is 1. The van der Waals surface area contributed by atoms with Crippen molar-refractivity contribution in [3.05, 3.63) is 88.4 Å². The van der Waals surface area contributed by atoms with Gasteiger partial charge < -0.3 is 26.4 Å². The predicted molar refractivity (Wildman–Crippen MR) is 168 cm³/mol. The number of ether oxygens (including phenoxy) is 1. The number of amides is 2. The minimum absolute atomic E-state index is 0.0819. The van der Waals surface area contributed by atoms with Crippen molar-refractivity contribution in [1.82, 2.24) is 15.6 Å². The van der Waals surface area contributed by atoms with Gasteiger partial charge in [-0.25, -0.2) is 4.98 Å². The number of nitrogens with zero attached hydrogens (tertiary/aromatic N) is 1. The number of benzene rings is 3. The summed E-state index contributed by atoms with van der Waals surface area (Å²) in [5, 5.41) is 10.2. The summed E-state index contributed by atoms with van der Waals surface area (Å²) < 4.78 is 5.61. The molecule has 2 heterocycles. The highest BCUT2D eigenvalue weighted by atomic mass is 35.5. The monoisotopic (exact) mass is 603 g/mol. The van der Waals surface area contributed by atoms with Gasteiger partial charge in [0.2, 0.25) is 17.7 Å². The average Bonchev–Trinajstić information content (AvgIpc) is 3.43. The molecule has 1 saturated heterocycles. The zero-order chi connectivity index (χ0) is 29.6. The minimum atomic E-state index is -0.258. The molecule has 1 aliphatic heterocycles. The molecule has 1 fully saturated rings. The number of anilines is 1. The fourth-order valence-corrected chi connectivity index (χ4v) is 5.65. The summed E-state index contributed by atoms with van der Waals surface area (Å²) >= 11 is 14.0. The second-order valence-electron chi connectivity index (χ2n) is 9.96. The van der Waals surface area contributed by atoms with Crippen LogP contribution in [0.4, 0.5) is 5.69 Å². The van der Waals surface area contributed by atoms with Crippen LogP contribution in [-0.4, -0.2) is 43.0 Å².